The molecular weight excluding hydrogens is 298 g/mol. The highest BCUT2D eigenvalue weighted by molar-refractivity contribution is 8.03. The largest absolute Gasteiger partial charge is 0.309 e. The van der Waals surface area contributed by atoms with Crippen LogP contribution >= 0.6 is 23.5 Å². The molecule has 0 unspecified atom stereocenters. The summed E-state index contributed by atoms with van der Waals surface area (Å²) in [6.07, 6.45) is 6.36. The summed E-state index contributed by atoms with van der Waals surface area (Å²) in [4.78, 5) is 6.66. The van der Waals surface area contributed by atoms with E-state index < -0.39 is 0 Å². The van der Waals surface area contributed by atoms with Crippen molar-refractivity contribution in [2.24, 2.45) is 0 Å². The van der Waals surface area contributed by atoms with Crippen LogP contribution in [0.4, 0.5) is 0 Å². The summed E-state index contributed by atoms with van der Waals surface area (Å²) in [6.45, 7) is 3.50. The topological polar surface area (TPSA) is 28.2 Å². The van der Waals surface area contributed by atoms with Gasteiger partial charge in [0.2, 0.25) is 0 Å². The highest BCUT2D eigenvalue weighted by Crippen LogP contribution is 2.19. The number of hydrogen-bond donors (Lipinski definition) is 1. The van der Waals surface area contributed by atoms with Crippen LogP contribution in [0.2, 0.25) is 0 Å². The predicted molar refractivity (Wildman–Crippen MR) is 94.1 cm³/mol. The monoisotopic (exact) mass is 323 g/mol. The standard InChI is InChI=1S/C16H25N3S2/c1-5-17-6-2-14(1)11-19-7-3-15(4-8-19)18-16-12-20-9-10-21-13-16/h1-2,5-6,15-16,18H,3-4,7-13H2. The highest BCUT2D eigenvalue weighted by Gasteiger charge is 2.22. The first-order valence-corrected chi connectivity index (χ1v) is 10.2. The van der Waals surface area contributed by atoms with Gasteiger partial charge in [-0.2, -0.15) is 23.5 Å². The first-order chi connectivity index (χ1) is 10.4. The van der Waals surface area contributed by atoms with Crippen LogP contribution in [0.1, 0.15) is 18.4 Å². The minimum atomic E-state index is 0.722. The molecule has 3 heterocycles. The third-order valence-electron chi connectivity index (χ3n) is 4.22. The SMILES string of the molecule is c1cc(CN2CCC(NC3CSCCSC3)CC2)ccn1. The van der Waals surface area contributed by atoms with E-state index in [0.717, 1.165) is 18.6 Å². The van der Waals surface area contributed by atoms with Gasteiger partial charge in [0, 0.05) is 54.0 Å². The zero-order chi connectivity index (χ0) is 14.3. The van der Waals surface area contributed by atoms with Crippen LogP contribution in [0.3, 0.4) is 0 Å². The lowest BCUT2D eigenvalue weighted by molar-refractivity contribution is 0.187. The second-order valence-corrected chi connectivity index (χ2v) is 8.22. The lowest BCUT2D eigenvalue weighted by Gasteiger charge is -2.34. The van der Waals surface area contributed by atoms with E-state index in [9.17, 15) is 0 Å². The normalized spacial score (nSPS) is 23.0. The van der Waals surface area contributed by atoms with Crippen LogP contribution in [0, 0.1) is 0 Å². The van der Waals surface area contributed by atoms with Crippen LogP contribution < -0.4 is 5.32 Å². The number of nitrogens with one attached hydrogen (secondary N) is 1. The number of hydrogen-bond acceptors (Lipinski definition) is 5. The fraction of sp³-hybridized carbons (Fsp3) is 0.688. The van der Waals surface area contributed by atoms with Gasteiger partial charge in [-0.15, -0.1) is 0 Å². The molecule has 1 N–H and O–H groups in total. The van der Waals surface area contributed by atoms with Crippen molar-refractivity contribution < 1.29 is 0 Å². The molecule has 0 spiro atoms. The maximum Gasteiger partial charge on any atom is 0.0271 e. The number of thioether (sulfide) groups is 2. The van der Waals surface area contributed by atoms with Crippen molar-refractivity contribution in [3.05, 3.63) is 30.1 Å². The number of nitrogens with zero attached hydrogens (tertiary/aromatic N) is 2. The fourth-order valence-corrected chi connectivity index (χ4v) is 5.47. The Morgan fingerprint density at radius 3 is 2.38 bits per heavy atom. The van der Waals surface area contributed by atoms with E-state index in [1.807, 2.05) is 12.4 Å². The quantitative estimate of drug-likeness (QED) is 0.919. The van der Waals surface area contributed by atoms with Gasteiger partial charge in [0.15, 0.2) is 0 Å². The van der Waals surface area contributed by atoms with E-state index in [-0.39, 0.29) is 0 Å². The fourth-order valence-electron chi connectivity index (χ4n) is 3.05. The second kappa shape index (κ2) is 8.42. The van der Waals surface area contributed by atoms with Gasteiger partial charge in [0.05, 0.1) is 0 Å². The average Bonchev–Trinajstić information content (AvgIpc) is 2.79. The molecule has 21 heavy (non-hydrogen) atoms. The smallest absolute Gasteiger partial charge is 0.0271 e. The molecule has 3 nitrogen and oxygen atoms in total. The maximum absolute atomic E-state index is 4.09. The molecule has 0 saturated carbocycles. The minimum absolute atomic E-state index is 0.722. The van der Waals surface area contributed by atoms with Crippen molar-refractivity contribution in [3.8, 4) is 0 Å². The Hall–Kier alpha value is -0.230. The molecule has 0 amide bonds. The third-order valence-corrected chi connectivity index (χ3v) is 6.74. The Morgan fingerprint density at radius 1 is 1.05 bits per heavy atom. The van der Waals surface area contributed by atoms with Crippen molar-refractivity contribution in [2.45, 2.75) is 31.5 Å². The highest BCUT2D eigenvalue weighted by atomic mass is 32.2. The van der Waals surface area contributed by atoms with E-state index in [1.165, 1.54) is 54.5 Å². The molecule has 5 heteroatoms. The number of piperidine rings is 1. The van der Waals surface area contributed by atoms with Crippen molar-refractivity contribution in [1.29, 1.82) is 0 Å². The molecule has 1 aromatic heterocycles. The van der Waals surface area contributed by atoms with Gasteiger partial charge in [0.1, 0.15) is 0 Å². The van der Waals surface area contributed by atoms with Crippen LogP contribution in [-0.4, -0.2) is 58.1 Å². The zero-order valence-corrected chi connectivity index (χ0v) is 14.2. The number of likely N-dealkylation sites (tertiary alicyclic amines) is 1. The Labute approximate surface area is 136 Å². The van der Waals surface area contributed by atoms with Gasteiger partial charge in [-0.3, -0.25) is 9.88 Å². The lowest BCUT2D eigenvalue weighted by Crippen LogP contribution is -2.47. The molecule has 2 aliphatic heterocycles. The van der Waals surface area contributed by atoms with Gasteiger partial charge in [-0.05, 0) is 43.6 Å². The van der Waals surface area contributed by atoms with E-state index in [1.54, 1.807) is 0 Å². The van der Waals surface area contributed by atoms with E-state index >= 15 is 0 Å². The van der Waals surface area contributed by atoms with Crippen molar-refractivity contribution >= 4 is 23.5 Å². The number of rotatable bonds is 4. The Bertz CT molecular complexity index is 399. The predicted octanol–water partition coefficient (Wildman–Crippen LogP) is 2.48. The number of pyridine rings is 1. The third kappa shape index (κ3) is 5.16. The van der Waals surface area contributed by atoms with Gasteiger partial charge in [0.25, 0.3) is 0 Å². The summed E-state index contributed by atoms with van der Waals surface area (Å²) in [5.41, 5.74) is 1.38. The maximum atomic E-state index is 4.09. The molecule has 1 aromatic rings. The number of aromatic nitrogens is 1. The van der Waals surface area contributed by atoms with Gasteiger partial charge in [-0.25, -0.2) is 0 Å². The van der Waals surface area contributed by atoms with Gasteiger partial charge in [-0.1, -0.05) is 0 Å². The van der Waals surface area contributed by atoms with Crippen LogP contribution in [-0.2, 0) is 6.54 Å². The molecule has 116 valence electrons. The van der Waals surface area contributed by atoms with E-state index in [0.29, 0.717) is 0 Å². The van der Waals surface area contributed by atoms with Gasteiger partial charge < -0.3 is 5.32 Å². The Kier molecular flexibility index (Phi) is 6.27. The molecule has 0 radical (unpaired) electrons. The van der Waals surface area contributed by atoms with Crippen LogP contribution in [0.15, 0.2) is 24.5 Å². The van der Waals surface area contributed by atoms with Crippen molar-refractivity contribution in [1.82, 2.24) is 15.2 Å². The molecule has 0 aromatic carbocycles. The molecule has 0 aliphatic carbocycles. The summed E-state index contributed by atoms with van der Waals surface area (Å²) in [5, 5.41) is 3.90. The van der Waals surface area contributed by atoms with Crippen molar-refractivity contribution in [2.75, 3.05) is 36.1 Å². The summed E-state index contributed by atoms with van der Waals surface area (Å²) >= 11 is 4.23. The summed E-state index contributed by atoms with van der Waals surface area (Å²) in [6, 6.07) is 5.71. The summed E-state index contributed by atoms with van der Waals surface area (Å²) in [5.74, 6) is 5.24. The van der Waals surface area contributed by atoms with E-state index in [2.05, 4.69) is 50.9 Å². The molecule has 2 fully saturated rings. The molecule has 2 saturated heterocycles. The summed E-state index contributed by atoms with van der Waals surface area (Å²) < 4.78 is 0. The molecular formula is C16H25N3S2. The molecule has 0 atom stereocenters. The Balaban J connectivity index is 1.40. The summed E-state index contributed by atoms with van der Waals surface area (Å²) in [7, 11) is 0. The Morgan fingerprint density at radius 2 is 1.71 bits per heavy atom. The first kappa shape index (κ1) is 15.7. The van der Waals surface area contributed by atoms with Crippen LogP contribution in [0.5, 0.6) is 0 Å². The van der Waals surface area contributed by atoms with Crippen LogP contribution in [0.25, 0.3) is 0 Å². The minimum Gasteiger partial charge on any atom is -0.309 e. The molecule has 3 rings (SSSR count). The zero-order valence-electron chi connectivity index (χ0n) is 12.5. The van der Waals surface area contributed by atoms with Crippen molar-refractivity contribution in [3.63, 3.8) is 0 Å². The lowest BCUT2D eigenvalue weighted by atomic mass is 10.0. The van der Waals surface area contributed by atoms with Gasteiger partial charge >= 0.3 is 0 Å². The molecule has 0 bridgehead atoms. The average molecular weight is 324 g/mol. The molecule has 2 aliphatic rings. The second-order valence-electron chi connectivity index (χ2n) is 5.92. The first-order valence-electron chi connectivity index (χ1n) is 7.93. The van der Waals surface area contributed by atoms with E-state index in [4.69, 9.17) is 0 Å².